The molecule has 4 rings (SSSR count). The summed E-state index contributed by atoms with van der Waals surface area (Å²) in [6, 6.07) is 6.13. The number of ether oxygens (including phenoxy) is 2. The highest BCUT2D eigenvalue weighted by Crippen LogP contribution is 2.32. The minimum absolute atomic E-state index is 0.0568. The minimum atomic E-state index is 0.0568. The zero-order chi connectivity index (χ0) is 15.8. The predicted octanol–water partition coefficient (Wildman–Crippen LogP) is 1.44. The first kappa shape index (κ1) is 14.6. The van der Waals surface area contributed by atoms with E-state index >= 15 is 0 Å². The van der Waals surface area contributed by atoms with E-state index in [9.17, 15) is 4.79 Å². The van der Waals surface area contributed by atoms with Gasteiger partial charge in [0.25, 0.3) is 0 Å². The number of hydrazine groups is 1. The molecule has 23 heavy (non-hydrogen) atoms. The van der Waals surface area contributed by atoms with Crippen LogP contribution in [-0.4, -0.2) is 47.0 Å². The normalized spacial score (nSPS) is 19.1. The zero-order valence-electron chi connectivity index (χ0n) is 12.8. The second kappa shape index (κ2) is 5.88. The molecule has 2 heterocycles. The molecular weight excluding hydrogens is 314 g/mol. The summed E-state index contributed by atoms with van der Waals surface area (Å²) in [6.07, 6.45) is 3.61. The summed E-state index contributed by atoms with van der Waals surface area (Å²) in [5, 5.41) is 7.65. The van der Waals surface area contributed by atoms with Gasteiger partial charge in [0.05, 0.1) is 6.42 Å². The monoisotopic (exact) mass is 333 g/mol. The summed E-state index contributed by atoms with van der Waals surface area (Å²) < 4.78 is 10.7. The van der Waals surface area contributed by atoms with Gasteiger partial charge in [-0.05, 0) is 49.2 Å². The molecule has 122 valence electrons. The molecular formula is C16H19N3O3S. The topological polar surface area (TPSA) is 54.0 Å². The van der Waals surface area contributed by atoms with Crippen molar-refractivity contribution in [3.63, 3.8) is 0 Å². The molecule has 1 amide bonds. The Balaban J connectivity index is 1.42. The van der Waals surface area contributed by atoms with Crippen LogP contribution in [0.3, 0.4) is 0 Å². The number of nitrogens with zero attached hydrogens (tertiary/aromatic N) is 2. The summed E-state index contributed by atoms with van der Waals surface area (Å²) in [5.74, 6) is 1.50. The average Bonchev–Trinajstić information content (AvgIpc) is 3.05. The lowest BCUT2D eigenvalue weighted by Crippen LogP contribution is -2.50. The maximum absolute atomic E-state index is 12.7. The predicted molar refractivity (Wildman–Crippen MR) is 88.1 cm³/mol. The van der Waals surface area contributed by atoms with E-state index in [-0.39, 0.29) is 12.7 Å². The highest BCUT2D eigenvalue weighted by molar-refractivity contribution is 7.80. The Morgan fingerprint density at radius 2 is 2.00 bits per heavy atom. The van der Waals surface area contributed by atoms with Crippen molar-refractivity contribution in [1.82, 2.24) is 15.3 Å². The summed E-state index contributed by atoms with van der Waals surface area (Å²) in [7, 11) is 0. The van der Waals surface area contributed by atoms with E-state index in [0.29, 0.717) is 23.3 Å². The van der Waals surface area contributed by atoms with Gasteiger partial charge in [-0.2, -0.15) is 0 Å². The molecule has 7 heteroatoms. The third-order valence-corrected chi connectivity index (χ3v) is 4.58. The number of thiocarbonyl (C=S) groups is 1. The van der Waals surface area contributed by atoms with Crippen LogP contribution in [0.4, 0.5) is 0 Å². The Kier molecular flexibility index (Phi) is 3.72. The largest absolute Gasteiger partial charge is 0.454 e. The van der Waals surface area contributed by atoms with Crippen LogP contribution in [0.5, 0.6) is 11.5 Å². The van der Waals surface area contributed by atoms with Gasteiger partial charge >= 0.3 is 0 Å². The van der Waals surface area contributed by atoms with Gasteiger partial charge in [0.1, 0.15) is 0 Å². The first-order chi connectivity index (χ1) is 11.2. The van der Waals surface area contributed by atoms with Gasteiger partial charge in [0.15, 0.2) is 16.6 Å². The fraction of sp³-hybridized carbons (Fsp3) is 0.500. The van der Waals surface area contributed by atoms with Crippen molar-refractivity contribution in [3.8, 4) is 11.5 Å². The molecule has 2 aliphatic heterocycles. The van der Waals surface area contributed by atoms with E-state index in [1.54, 1.807) is 5.01 Å². The Bertz CT molecular complexity index is 647. The number of carbonyl (C=O) groups is 1. The van der Waals surface area contributed by atoms with Gasteiger partial charge in [-0.3, -0.25) is 14.8 Å². The van der Waals surface area contributed by atoms with Crippen LogP contribution in [0.25, 0.3) is 0 Å². The molecule has 1 aliphatic carbocycles. The van der Waals surface area contributed by atoms with E-state index in [2.05, 4.69) is 5.32 Å². The summed E-state index contributed by atoms with van der Waals surface area (Å²) in [6.45, 7) is 1.76. The summed E-state index contributed by atoms with van der Waals surface area (Å²) in [4.78, 5) is 12.7. The summed E-state index contributed by atoms with van der Waals surface area (Å²) in [5.41, 5.74) is 0.923. The first-order valence-corrected chi connectivity index (χ1v) is 8.38. The van der Waals surface area contributed by atoms with Crippen molar-refractivity contribution < 1.29 is 14.3 Å². The molecule has 1 aromatic rings. The van der Waals surface area contributed by atoms with Crippen LogP contribution < -0.4 is 14.8 Å². The number of nitrogens with one attached hydrogen (secondary N) is 1. The fourth-order valence-electron chi connectivity index (χ4n) is 2.88. The second-order valence-corrected chi connectivity index (χ2v) is 6.47. The van der Waals surface area contributed by atoms with Gasteiger partial charge in [-0.25, -0.2) is 0 Å². The highest BCUT2D eigenvalue weighted by Gasteiger charge is 2.31. The van der Waals surface area contributed by atoms with Crippen LogP contribution in [0.2, 0.25) is 0 Å². The molecule has 2 fully saturated rings. The molecule has 0 unspecified atom stereocenters. The lowest BCUT2D eigenvalue weighted by atomic mass is 10.1. The lowest BCUT2D eigenvalue weighted by Gasteiger charge is -2.30. The number of carbonyl (C=O) groups excluding carboxylic acids is 1. The average molecular weight is 333 g/mol. The van der Waals surface area contributed by atoms with Crippen LogP contribution in [0.15, 0.2) is 18.2 Å². The van der Waals surface area contributed by atoms with E-state index in [4.69, 9.17) is 21.7 Å². The van der Waals surface area contributed by atoms with Gasteiger partial charge in [0, 0.05) is 19.1 Å². The number of rotatable bonds is 3. The van der Waals surface area contributed by atoms with Crippen molar-refractivity contribution in [3.05, 3.63) is 23.8 Å². The van der Waals surface area contributed by atoms with Crippen molar-refractivity contribution >= 4 is 23.2 Å². The standard InChI is InChI=1S/C16H19N3O3S/c20-15(9-11-2-5-13-14(8-11)22-10-21-13)18-6-1-7-19(18)16(23)17-12-3-4-12/h2,5,8,12H,1,3-4,6-7,9-10H2,(H,17,23). The van der Waals surface area contributed by atoms with Crippen LogP contribution >= 0.6 is 12.2 Å². The molecule has 0 spiro atoms. The number of amides is 1. The van der Waals surface area contributed by atoms with Crippen LogP contribution in [-0.2, 0) is 11.2 Å². The lowest BCUT2D eigenvalue weighted by molar-refractivity contribution is -0.138. The Morgan fingerprint density at radius 3 is 2.83 bits per heavy atom. The quantitative estimate of drug-likeness (QED) is 0.845. The Hall–Kier alpha value is -2.02. The van der Waals surface area contributed by atoms with E-state index in [1.807, 2.05) is 23.2 Å². The second-order valence-electron chi connectivity index (χ2n) is 6.08. The smallest absolute Gasteiger partial charge is 0.245 e. The maximum atomic E-state index is 12.7. The zero-order valence-corrected chi connectivity index (χ0v) is 13.6. The molecule has 0 atom stereocenters. The molecule has 6 nitrogen and oxygen atoms in total. The van der Waals surface area contributed by atoms with Gasteiger partial charge < -0.3 is 14.8 Å². The third kappa shape index (κ3) is 3.06. The van der Waals surface area contributed by atoms with E-state index in [1.165, 1.54) is 12.8 Å². The van der Waals surface area contributed by atoms with Crippen LogP contribution in [0, 0.1) is 0 Å². The van der Waals surface area contributed by atoms with Crippen molar-refractivity contribution in [2.45, 2.75) is 31.7 Å². The number of benzene rings is 1. The molecule has 0 aromatic heterocycles. The molecule has 1 saturated carbocycles. The maximum Gasteiger partial charge on any atom is 0.245 e. The van der Waals surface area contributed by atoms with Crippen molar-refractivity contribution in [2.24, 2.45) is 0 Å². The molecule has 1 saturated heterocycles. The molecule has 0 radical (unpaired) electrons. The number of hydrogen-bond acceptors (Lipinski definition) is 4. The number of hydrogen-bond donors (Lipinski definition) is 1. The van der Waals surface area contributed by atoms with Crippen molar-refractivity contribution in [1.29, 1.82) is 0 Å². The van der Waals surface area contributed by atoms with Gasteiger partial charge in [-0.1, -0.05) is 6.07 Å². The van der Waals surface area contributed by atoms with Crippen molar-refractivity contribution in [2.75, 3.05) is 19.9 Å². The molecule has 1 aromatic carbocycles. The third-order valence-electron chi connectivity index (χ3n) is 4.25. The molecule has 1 N–H and O–H groups in total. The highest BCUT2D eigenvalue weighted by atomic mass is 32.1. The van der Waals surface area contributed by atoms with E-state index in [0.717, 1.165) is 30.8 Å². The molecule has 0 bridgehead atoms. The minimum Gasteiger partial charge on any atom is -0.454 e. The van der Waals surface area contributed by atoms with Crippen LogP contribution in [0.1, 0.15) is 24.8 Å². The molecule has 3 aliphatic rings. The Morgan fingerprint density at radius 1 is 1.22 bits per heavy atom. The summed E-state index contributed by atoms with van der Waals surface area (Å²) >= 11 is 5.44. The van der Waals surface area contributed by atoms with Gasteiger partial charge in [-0.15, -0.1) is 0 Å². The number of fused-ring (bicyclic) bond motifs is 1. The van der Waals surface area contributed by atoms with Gasteiger partial charge in [0.2, 0.25) is 12.7 Å². The SMILES string of the molecule is O=C(Cc1ccc2c(c1)OCO2)N1CCCN1C(=S)NC1CC1. The fourth-order valence-corrected chi connectivity index (χ4v) is 3.23. The first-order valence-electron chi connectivity index (χ1n) is 7.97. The Labute approximate surface area is 140 Å². The van der Waals surface area contributed by atoms with E-state index < -0.39 is 0 Å².